The smallest absolute Gasteiger partial charge is 0.326 e. The zero-order valence-corrected chi connectivity index (χ0v) is 17.1. The first-order valence-electron chi connectivity index (χ1n) is 8.39. The predicted octanol–water partition coefficient (Wildman–Crippen LogP) is 3.59. The van der Waals surface area contributed by atoms with Crippen LogP contribution in [0, 0.1) is 24.0 Å². The molecule has 0 spiro atoms. The fraction of sp³-hybridized carbons (Fsp3) is 0.278. The fourth-order valence-electron chi connectivity index (χ4n) is 2.58. The van der Waals surface area contributed by atoms with Crippen molar-refractivity contribution in [1.29, 1.82) is 0 Å². The Kier molecular flexibility index (Phi) is 5.71. The van der Waals surface area contributed by atoms with Crippen molar-refractivity contribution in [3.05, 3.63) is 55.2 Å². The van der Waals surface area contributed by atoms with Gasteiger partial charge >= 0.3 is 11.0 Å². The van der Waals surface area contributed by atoms with Crippen LogP contribution in [0.5, 0.6) is 0 Å². The number of aromatic nitrogens is 1. The Hall–Kier alpha value is -2.85. The number of ether oxygens (including phenoxy) is 1. The van der Waals surface area contributed by atoms with E-state index in [0.29, 0.717) is 4.80 Å². The summed E-state index contributed by atoms with van der Waals surface area (Å²) < 4.78 is 7.57. The maximum Gasteiger partial charge on any atom is 0.326 e. The minimum absolute atomic E-state index is 0.0763. The summed E-state index contributed by atoms with van der Waals surface area (Å²) in [7, 11) is 0. The first-order chi connectivity index (χ1) is 13.3. The molecule has 0 atom stereocenters. The van der Waals surface area contributed by atoms with Crippen molar-refractivity contribution in [3.63, 3.8) is 0 Å². The molecule has 0 saturated carbocycles. The number of thiazole rings is 1. The summed E-state index contributed by atoms with van der Waals surface area (Å²) in [6.45, 7) is 5.85. The van der Waals surface area contributed by atoms with Gasteiger partial charge in [0.2, 0.25) is 0 Å². The Morgan fingerprint density at radius 3 is 2.57 bits per heavy atom. The molecule has 0 aliphatic carbocycles. The van der Waals surface area contributed by atoms with Crippen molar-refractivity contribution in [3.8, 4) is 0 Å². The second kappa shape index (κ2) is 8.03. The van der Waals surface area contributed by atoms with E-state index in [0.717, 1.165) is 32.7 Å². The molecule has 1 amide bonds. The summed E-state index contributed by atoms with van der Waals surface area (Å²) in [5, 5.41) is 10.7. The van der Waals surface area contributed by atoms with E-state index in [1.54, 1.807) is 11.5 Å². The lowest BCUT2D eigenvalue weighted by Crippen LogP contribution is -2.23. The number of rotatable bonds is 5. The molecule has 0 radical (unpaired) electrons. The van der Waals surface area contributed by atoms with E-state index in [4.69, 9.17) is 4.74 Å². The highest BCUT2D eigenvalue weighted by molar-refractivity contribution is 7.17. The number of nitro groups is 1. The van der Waals surface area contributed by atoms with E-state index in [2.05, 4.69) is 4.99 Å². The quantitative estimate of drug-likeness (QED) is 0.357. The highest BCUT2D eigenvalue weighted by atomic mass is 32.1. The number of benzene rings is 1. The largest absolute Gasteiger partial charge is 0.465 e. The minimum atomic E-state index is -0.587. The van der Waals surface area contributed by atoms with Gasteiger partial charge in [0.25, 0.3) is 5.91 Å². The van der Waals surface area contributed by atoms with Gasteiger partial charge in [-0.3, -0.25) is 19.7 Å². The van der Waals surface area contributed by atoms with Crippen LogP contribution >= 0.6 is 22.7 Å². The van der Waals surface area contributed by atoms with Crippen LogP contribution in [-0.2, 0) is 16.1 Å². The van der Waals surface area contributed by atoms with Gasteiger partial charge in [-0.25, -0.2) is 0 Å². The minimum Gasteiger partial charge on any atom is -0.465 e. The van der Waals surface area contributed by atoms with Gasteiger partial charge in [-0.05, 0) is 50.1 Å². The van der Waals surface area contributed by atoms with Crippen molar-refractivity contribution >= 4 is 49.8 Å². The van der Waals surface area contributed by atoms with Gasteiger partial charge in [0.15, 0.2) is 4.80 Å². The summed E-state index contributed by atoms with van der Waals surface area (Å²) in [5.74, 6) is -1.02. The van der Waals surface area contributed by atoms with Crippen LogP contribution < -0.4 is 4.80 Å². The molecule has 0 bridgehead atoms. The van der Waals surface area contributed by atoms with Gasteiger partial charge in [0.1, 0.15) is 11.4 Å². The summed E-state index contributed by atoms with van der Waals surface area (Å²) in [4.78, 5) is 39.5. The van der Waals surface area contributed by atoms with Gasteiger partial charge in [0.05, 0.1) is 21.7 Å². The SMILES string of the molecule is CCOC(=O)Cn1c(=NC(=O)c2ccc([N+](=O)[O-])s2)sc2cc(C)c(C)cc21. The summed E-state index contributed by atoms with van der Waals surface area (Å²) in [5.41, 5.74) is 2.92. The van der Waals surface area contributed by atoms with Gasteiger partial charge in [-0.2, -0.15) is 4.99 Å². The topological polar surface area (TPSA) is 104 Å². The molecule has 146 valence electrons. The van der Waals surface area contributed by atoms with E-state index in [1.165, 1.54) is 23.5 Å². The Morgan fingerprint density at radius 2 is 1.93 bits per heavy atom. The van der Waals surface area contributed by atoms with Gasteiger partial charge in [0, 0.05) is 6.07 Å². The van der Waals surface area contributed by atoms with Crippen LogP contribution in [0.1, 0.15) is 27.7 Å². The average molecular weight is 419 g/mol. The summed E-state index contributed by atoms with van der Waals surface area (Å²) >= 11 is 2.05. The van der Waals surface area contributed by atoms with Crippen LogP contribution in [0.15, 0.2) is 29.3 Å². The van der Waals surface area contributed by atoms with Crippen LogP contribution in [0.3, 0.4) is 0 Å². The lowest BCUT2D eigenvalue weighted by molar-refractivity contribution is -0.380. The summed E-state index contributed by atoms with van der Waals surface area (Å²) in [6.07, 6.45) is 0. The number of carbonyl (C=O) groups excluding carboxylic acids is 2. The molecule has 3 rings (SSSR count). The van der Waals surface area contributed by atoms with Crippen LogP contribution in [0.2, 0.25) is 0 Å². The highest BCUT2D eigenvalue weighted by Gasteiger charge is 2.17. The molecule has 0 aliphatic rings. The monoisotopic (exact) mass is 419 g/mol. The number of esters is 1. The van der Waals surface area contributed by atoms with Gasteiger partial charge in [-0.15, -0.1) is 0 Å². The van der Waals surface area contributed by atoms with Crippen molar-refractivity contribution < 1.29 is 19.2 Å². The first-order valence-corrected chi connectivity index (χ1v) is 10.0. The third kappa shape index (κ3) is 4.02. The zero-order chi connectivity index (χ0) is 20.4. The third-order valence-electron chi connectivity index (χ3n) is 4.07. The molecule has 10 heteroatoms. The van der Waals surface area contributed by atoms with Crippen molar-refractivity contribution in [2.75, 3.05) is 6.61 Å². The zero-order valence-electron chi connectivity index (χ0n) is 15.4. The average Bonchev–Trinajstić information content (AvgIpc) is 3.23. The molecule has 2 aromatic heterocycles. The third-order valence-corrected chi connectivity index (χ3v) is 6.14. The van der Waals surface area contributed by atoms with Crippen LogP contribution in [-0.4, -0.2) is 28.0 Å². The van der Waals surface area contributed by atoms with E-state index < -0.39 is 16.8 Å². The van der Waals surface area contributed by atoms with Crippen molar-refractivity contribution in [2.24, 2.45) is 4.99 Å². The highest BCUT2D eigenvalue weighted by Crippen LogP contribution is 2.25. The predicted molar refractivity (Wildman–Crippen MR) is 107 cm³/mol. The lowest BCUT2D eigenvalue weighted by atomic mass is 10.1. The second-order valence-corrected chi connectivity index (χ2v) is 8.06. The standard InChI is InChI=1S/C18H17N3O5S2/c1-4-26-16(22)9-20-12-7-10(2)11(3)8-14(12)28-18(20)19-17(23)13-5-6-15(27-13)21(24)25/h5-8H,4,9H2,1-3H3. The number of aryl methyl sites for hydroxylation is 2. The Balaban J connectivity index is 2.11. The number of thiophene rings is 1. The van der Waals surface area contributed by atoms with E-state index in [9.17, 15) is 19.7 Å². The molecule has 0 unspecified atom stereocenters. The Morgan fingerprint density at radius 1 is 1.21 bits per heavy atom. The summed E-state index contributed by atoms with van der Waals surface area (Å²) in [6, 6.07) is 6.58. The van der Waals surface area contributed by atoms with Crippen LogP contribution in [0.25, 0.3) is 10.2 Å². The molecular formula is C18H17N3O5S2. The first kappa shape index (κ1) is 19.9. The number of hydrogen-bond acceptors (Lipinski definition) is 7. The second-order valence-electron chi connectivity index (χ2n) is 5.99. The van der Waals surface area contributed by atoms with Gasteiger partial charge < -0.3 is 9.30 Å². The molecule has 3 aromatic rings. The maximum atomic E-state index is 12.5. The molecule has 2 heterocycles. The molecule has 0 aliphatic heterocycles. The molecular weight excluding hydrogens is 402 g/mol. The number of amides is 1. The Bertz CT molecular complexity index is 1160. The fourth-order valence-corrected chi connectivity index (χ4v) is 4.39. The maximum absolute atomic E-state index is 12.5. The Labute approximate surface area is 167 Å². The molecule has 1 aromatic carbocycles. The molecule has 0 saturated heterocycles. The number of nitrogens with zero attached hydrogens (tertiary/aromatic N) is 3. The van der Waals surface area contributed by atoms with E-state index in [-0.39, 0.29) is 23.0 Å². The van der Waals surface area contributed by atoms with Crippen molar-refractivity contribution in [1.82, 2.24) is 4.57 Å². The molecule has 28 heavy (non-hydrogen) atoms. The van der Waals surface area contributed by atoms with Crippen LogP contribution in [0.4, 0.5) is 5.00 Å². The molecule has 0 N–H and O–H groups in total. The lowest BCUT2D eigenvalue weighted by Gasteiger charge is -2.06. The van der Waals surface area contributed by atoms with Gasteiger partial charge in [-0.1, -0.05) is 22.7 Å². The van der Waals surface area contributed by atoms with E-state index >= 15 is 0 Å². The number of hydrogen-bond donors (Lipinski definition) is 0. The van der Waals surface area contributed by atoms with Crippen molar-refractivity contribution in [2.45, 2.75) is 27.3 Å². The van der Waals surface area contributed by atoms with E-state index in [1.807, 2.05) is 26.0 Å². The number of carbonyl (C=O) groups is 2. The molecule has 8 nitrogen and oxygen atoms in total. The number of fused-ring (bicyclic) bond motifs is 1. The molecule has 0 fully saturated rings. The normalized spacial score (nSPS) is 11.8.